The van der Waals surface area contributed by atoms with Gasteiger partial charge in [-0.05, 0) is 123 Å². The molecule has 0 unspecified atom stereocenters. The summed E-state index contributed by atoms with van der Waals surface area (Å²) in [4.78, 5) is 44.2. The lowest BCUT2D eigenvalue weighted by molar-refractivity contribution is 0.122. The number of hydrogen-bond donors (Lipinski definition) is 4. The first-order valence-electron chi connectivity index (χ1n) is 25.7. The molecule has 4 aliphatic heterocycles. The molecule has 9 heterocycles. The maximum Gasteiger partial charge on any atom is 0.250 e. The Hall–Kier alpha value is -8.51. The van der Waals surface area contributed by atoms with Crippen molar-refractivity contribution in [3.05, 3.63) is 205 Å². The van der Waals surface area contributed by atoms with Crippen LogP contribution in [-0.4, -0.2) is 82.3 Å². The molecule has 0 spiro atoms. The highest BCUT2D eigenvalue weighted by Gasteiger charge is 2.25. The number of para-hydroxylation sites is 2. The van der Waals surface area contributed by atoms with E-state index in [-0.39, 0.29) is 11.1 Å². The van der Waals surface area contributed by atoms with Crippen molar-refractivity contribution in [3.8, 4) is 56.8 Å². The quantitative estimate of drug-likeness (QED) is 0.0901. The number of benzene rings is 4. The summed E-state index contributed by atoms with van der Waals surface area (Å²) in [6, 6.07) is 40.1. The minimum atomic E-state index is -0.129. The fourth-order valence-electron chi connectivity index (χ4n) is 10.2. The second-order valence-electron chi connectivity index (χ2n) is 19.4. The number of ether oxygens (including phenoxy) is 4. The molecule has 0 bridgehead atoms. The highest BCUT2D eigenvalue weighted by atomic mass is 79.9. The van der Waals surface area contributed by atoms with E-state index in [0.29, 0.717) is 39.5 Å². The molecule has 2 saturated heterocycles. The summed E-state index contributed by atoms with van der Waals surface area (Å²) in [5.74, 6) is 3.24. The van der Waals surface area contributed by atoms with Crippen LogP contribution in [0.5, 0.6) is 23.0 Å². The maximum atomic E-state index is 12.6. The van der Waals surface area contributed by atoms with Gasteiger partial charge < -0.3 is 49.3 Å². The Morgan fingerprint density at radius 1 is 0.584 bits per heavy atom. The molecule has 9 aromatic rings. The topological polar surface area (TPSA) is 177 Å². The molecule has 0 radical (unpaired) electrons. The van der Waals surface area contributed by atoms with Gasteiger partial charge in [0.2, 0.25) is 11.1 Å². The normalized spacial score (nSPS) is 14.4. The summed E-state index contributed by atoms with van der Waals surface area (Å²) in [5.41, 5.74) is 15.5. The summed E-state index contributed by atoms with van der Waals surface area (Å²) in [7, 11) is 1.90. The Morgan fingerprint density at radius 3 is 1.61 bits per heavy atom. The van der Waals surface area contributed by atoms with E-state index >= 15 is 0 Å². The smallest absolute Gasteiger partial charge is 0.250 e. The summed E-state index contributed by atoms with van der Waals surface area (Å²) in [6.45, 7) is 7.11. The zero-order valence-electron chi connectivity index (χ0n) is 42.4. The second-order valence-corrected chi connectivity index (χ2v) is 20.2. The van der Waals surface area contributed by atoms with Gasteiger partial charge in [0.1, 0.15) is 27.6 Å². The Bertz CT molecular complexity index is 3750. The largest absolute Gasteiger partial charge is 0.456 e. The van der Waals surface area contributed by atoms with Gasteiger partial charge in [-0.1, -0.05) is 24.3 Å². The third-order valence-electron chi connectivity index (χ3n) is 14.1. The van der Waals surface area contributed by atoms with Gasteiger partial charge in [-0.25, -0.2) is 4.98 Å². The number of aromatic nitrogens is 6. The predicted molar refractivity (Wildman–Crippen MR) is 303 cm³/mol. The lowest BCUT2D eigenvalue weighted by Gasteiger charge is -2.29. The van der Waals surface area contributed by atoms with Crippen LogP contribution in [-0.2, 0) is 42.5 Å². The molecule has 4 aromatic carbocycles. The number of pyridine rings is 4. The van der Waals surface area contributed by atoms with E-state index in [1.165, 1.54) is 0 Å². The lowest BCUT2D eigenvalue weighted by atomic mass is 9.96. The molecule has 0 amide bonds. The highest BCUT2D eigenvalue weighted by Crippen LogP contribution is 2.45. The molecule has 16 nitrogen and oxygen atoms in total. The summed E-state index contributed by atoms with van der Waals surface area (Å²) in [5, 5.41) is 11.3. The zero-order valence-corrected chi connectivity index (χ0v) is 43.9. The first-order valence-corrected chi connectivity index (χ1v) is 26.5. The molecule has 0 atom stereocenters. The van der Waals surface area contributed by atoms with Gasteiger partial charge in [0.25, 0.3) is 0 Å². The van der Waals surface area contributed by atoms with Crippen molar-refractivity contribution in [2.75, 3.05) is 73.0 Å². The Kier molecular flexibility index (Phi) is 14.1. The molecule has 5 aromatic heterocycles. The zero-order chi connectivity index (χ0) is 52.2. The van der Waals surface area contributed by atoms with E-state index in [1.54, 1.807) is 23.0 Å². The molecular weight excluding hydrogens is 1040 g/mol. The van der Waals surface area contributed by atoms with E-state index in [4.69, 9.17) is 18.9 Å². The van der Waals surface area contributed by atoms with Crippen molar-refractivity contribution in [1.82, 2.24) is 29.7 Å². The number of fused-ring (bicyclic) bond motifs is 4. The lowest BCUT2D eigenvalue weighted by Crippen LogP contribution is -2.36. The van der Waals surface area contributed by atoms with Crippen LogP contribution >= 0.6 is 15.9 Å². The van der Waals surface area contributed by atoms with Crippen LogP contribution < -0.4 is 41.0 Å². The van der Waals surface area contributed by atoms with Gasteiger partial charge in [0.15, 0.2) is 0 Å². The van der Waals surface area contributed by atoms with Crippen molar-refractivity contribution in [1.29, 1.82) is 0 Å². The number of halogens is 1. The molecular formula is C60H55BrN10O6. The molecule has 388 valence electrons. The first-order chi connectivity index (χ1) is 37.7. The number of nitrogens with one attached hydrogen (secondary N) is 4. The van der Waals surface area contributed by atoms with Crippen molar-refractivity contribution < 1.29 is 18.9 Å². The molecule has 17 heteroatoms. The van der Waals surface area contributed by atoms with E-state index in [9.17, 15) is 9.59 Å². The van der Waals surface area contributed by atoms with Crippen LogP contribution in [0.2, 0.25) is 0 Å². The van der Waals surface area contributed by atoms with Gasteiger partial charge in [-0.2, -0.15) is 5.10 Å². The van der Waals surface area contributed by atoms with Crippen LogP contribution in [0.25, 0.3) is 33.8 Å². The highest BCUT2D eigenvalue weighted by molar-refractivity contribution is 9.10. The van der Waals surface area contributed by atoms with Crippen molar-refractivity contribution in [2.24, 2.45) is 7.05 Å². The standard InChI is InChI=1S/C32H30N6O3.C28H25BrN4O3/c1-37-20-24(19-35-37)28-13-21(7-8-33-28)18-34-25-5-6-30-23(15-25)14-22-3-2-4-27(32(22)41-30)29-16-26(17-31(39)36-29)38-9-11-40-12-10-38;29-26-12-18(6-7-30-26)17-31-21-4-5-25-20(14-21)13-19-2-1-3-23(28(19)36-25)24-15-22(16-27(34)32-24)33-8-10-35-11-9-33/h2-8,13,15-17,19-20,34H,9-12,14,18H2,1H3,(H,36,39);1-7,12,14-16,31H,8-11,13,17H2,(H,32,34). The monoisotopic (exact) mass is 1090 g/mol. The van der Waals surface area contributed by atoms with Crippen LogP contribution in [0.1, 0.15) is 33.4 Å². The van der Waals surface area contributed by atoms with Crippen LogP contribution in [0.15, 0.2) is 160 Å². The molecule has 4 N–H and O–H groups in total. The number of aryl methyl sites for hydroxylation is 1. The molecule has 0 saturated carbocycles. The van der Waals surface area contributed by atoms with Gasteiger partial charge >= 0.3 is 0 Å². The number of rotatable bonds is 11. The molecule has 0 aliphatic carbocycles. The van der Waals surface area contributed by atoms with Gasteiger partial charge in [-0.15, -0.1) is 0 Å². The second kappa shape index (κ2) is 22.0. The minimum absolute atomic E-state index is 0.125. The van der Waals surface area contributed by atoms with E-state index in [0.717, 1.165) is 157 Å². The van der Waals surface area contributed by atoms with Crippen molar-refractivity contribution in [2.45, 2.75) is 25.9 Å². The number of hydrogen-bond acceptors (Lipinski definition) is 13. The average Bonchev–Trinajstić information content (AvgIpc) is 3.91. The number of H-pyrrole nitrogens is 2. The minimum Gasteiger partial charge on any atom is -0.456 e. The number of anilines is 4. The van der Waals surface area contributed by atoms with Crippen LogP contribution in [0.3, 0.4) is 0 Å². The van der Waals surface area contributed by atoms with E-state index < -0.39 is 0 Å². The third-order valence-corrected chi connectivity index (χ3v) is 14.5. The van der Waals surface area contributed by atoms with Gasteiger partial charge in [0.05, 0.1) is 49.7 Å². The number of nitrogens with zero attached hydrogens (tertiary/aromatic N) is 6. The fraction of sp³-hybridized carbons (Fsp3) is 0.217. The first kappa shape index (κ1) is 49.4. The maximum absolute atomic E-state index is 12.6. The molecule has 2 fully saturated rings. The van der Waals surface area contributed by atoms with Gasteiger partial charge in [0, 0.05) is 140 Å². The number of morpholine rings is 2. The summed E-state index contributed by atoms with van der Waals surface area (Å²) in [6.07, 6.45) is 8.90. The average molecular weight is 1090 g/mol. The number of aromatic amines is 2. The Labute approximate surface area is 452 Å². The van der Waals surface area contributed by atoms with E-state index in [1.807, 2.05) is 105 Å². The Balaban J connectivity index is 0.000000156. The van der Waals surface area contributed by atoms with Crippen LogP contribution in [0.4, 0.5) is 22.7 Å². The molecule has 77 heavy (non-hydrogen) atoms. The summed E-state index contributed by atoms with van der Waals surface area (Å²) < 4.78 is 26.5. The molecule has 13 rings (SSSR count). The third kappa shape index (κ3) is 11.2. The fourth-order valence-corrected chi connectivity index (χ4v) is 10.6. The van der Waals surface area contributed by atoms with Gasteiger partial charge in [-0.3, -0.25) is 19.3 Å². The van der Waals surface area contributed by atoms with E-state index in [2.05, 4.69) is 91.7 Å². The SMILES string of the molecule is Cn1cc(-c2cc(CNc3ccc4c(c3)Cc3cccc(-c5cc(N6CCOCC6)cc(=O)[nH]5)c3O4)ccn2)cn1.O=c1cc(N2CCOCC2)cc(-c2cccc3c2Oc2ccc(NCc4ccnc(Br)c4)cc2C3)[nH]1. The van der Waals surface area contributed by atoms with Crippen molar-refractivity contribution in [3.63, 3.8) is 0 Å². The summed E-state index contributed by atoms with van der Waals surface area (Å²) >= 11 is 3.42. The predicted octanol–water partition coefficient (Wildman–Crippen LogP) is 10.3. The Morgan fingerprint density at radius 2 is 1.10 bits per heavy atom. The van der Waals surface area contributed by atoms with Crippen LogP contribution in [0, 0.1) is 0 Å². The molecule has 4 aliphatic rings. The van der Waals surface area contributed by atoms with Crippen molar-refractivity contribution >= 4 is 38.7 Å².